The smallest absolute Gasteiger partial charge is 0.220 e. The zero-order valence-electron chi connectivity index (χ0n) is 18.7. The molecule has 0 aliphatic carbocycles. The normalized spacial score (nSPS) is 11.2. The van der Waals surface area contributed by atoms with E-state index in [1.54, 1.807) is 0 Å². The molecule has 2 nitrogen and oxygen atoms in total. The van der Waals surface area contributed by atoms with E-state index in [4.69, 9.17) is 0 Å². The fraction of sp³-hybridized carbons (Fsp3) is 0.276. The van der Waals surface area contributed by atoms with Gasteiger partial charge in [0.2, 0.25) is 5.91 Å². The number of unbranched alkanes of at least 4 members (excludes halogenated alkanes) is 3. The molecule has 0 saturated carbocycles. The van der Waals surface area contributed by atoms with Gasteiger partial charge in [0.05, 0.1) is 0 Å². The van der Waals surface area contributed by atoms with E-state index in [-0.39, 0.29) is 5.91 Å². The Morgan fingerprint density at radius 3 is 2.56 bits per heavy atom. The van der Waals surface area contributed by atoms with Crippen molar-refractivity contribution in [2.45, 2.75) is 45.4 Å². The average molecular weight is 488 g/mol. The molecule has 0 spiro atoms. The second-order valence-corrected chi connectivity index (χ2v) is 9.35. The first-order chi connectivity index (χ1) is 15.7. The summed E-state index contributed by atoms with van der Waals surface area (Å²) in [6, 6.07) is 26.0. The molecule has 0 aliphatic heterocycles. The van der Waals surface area contributed by atoms with Crippen LogP contribution in [0.15, 0.2) is 77.3 Å². The Hall–Kier alpha value is -2.65. The lowest BCUT2D eigenvalue weighted by Gasteiger charge is -2.14. The van der Waals surface area contributed by atoms with Crippen molar-refractivity contribution in [2.75, 3.05) is 6.54 Å². The zero-order valence-corrected chi connectivity index (χ0v) is 20.3. The molecule has 164 valence electrons. The van der Waals surface area contributed by atoms with Crippen LogP contribution < -0.4 is 5.32 Å². The van der Waals surface area contributed by atoms with E-state index in [0.717, 1.165) is 23.7 Å². The molecule has 32 heavy (non-hydrogen) atoms. The van der Waals surface area contributed by atoms with Crippen LogP contribution in [0, 0.1) is 0 Å². The molecule has 0 aromatic heterocycles. The molecule has 0 heterocycles. The van der Waals surface area contributed by atoms with Gasteiger partial charge in [0.25, 0.3) is 0 Å². The summed E-state index contributed by atoms with van der Waals surface area (Å²) >= 11 is 3.63. The molecule has 0 radical (unpaired) electrons. The topological polar surface area (TPSA) is 29.1 Å². The van der Waals surface area contributed by atoms with Crippen LogP contribution in [0.4, 0.5) is 0 Å². The van der Waals surface area contributed by atoms with Crippen molar-refractivity contribution >= 4 is 43.4 Å². The fourth-order valence-corrected chi connectivity index (χ4v) is 4.74. The summed E-state index contributed by atoms with van der Waals surface area (Å²) in [7, 11) is 0. The molecule has 4 rings (SSSR count). The van der Waals surface area contributed by atoms with Gasteiger partial charge in [0.1, 0.15) is 0 Å². The molecule has 0 saturated heterocycles. The number of benzene rings is 4. The number of carbonyl (C=O) groups excluding carboxylic acids is 1. The minimum Gasteiger partial charge on any atom is -0.356 e. The van der Waals surface area contributed by atoms with E-state index >= 15 is 0 Å². The van der Waals surface area contributed by atoms with Crippen LogP contribution in [-0.4, -0.2) is 12.5 Å². The van der Waals surface area contributed by atoms with Gasteiger partial charge in [0, 0.05) is 17.4 Å². The van der Waals surface area contributed by atoms with Gasteiger partial charge in [-0.2, -0.15) is 0 Å². The molecule has 0 aliphatic rings. The summed E-state index contributed by atoms with van der Waals surface area (Å²) < 4.78 is 1.07. The maximum Gasteiger partial charge on any atom is 0.220 e. The van der Waals surface area contributed by atoms with Gasteiger partial charge in [-0.05, 0) is 69.3 Å². The van der Waals surface area contributed by atoms with Crippen LogP contribution in [0.25, 0.3) is 32.7 Å². The average Bonchev–Trinajstić information content (AvgIpc) is 2.81. The summed E-state index contributed by atoms with van der Waals surface area (Å²) in [5, 5.41) is 8.09. The van der Waals surface area contributed by atoms with Crippen LogP contribution in [-0.2, 0) is 11.2 Å². The number of hydrogen-bond acceptors (Lipinski definition) is 1. The number of hydrogen-bond donors (Lipinski definition) is 1. The molecule has 0 bridgehead atoms. The summed E-state index contributed by atoms with van der Waals surface area (Å²) in [5.41, 5.74) is 3.73. The SMILES string of the molecule is CCCCCCC(=O)NCCc1cc(-c2cccc3ccccc23)cc2ccc(Br)cc12. The van der Waals surface area contributed by atoms with Crippen LogP contribution in [0.3, 0.4) is 0 Å². The summed E-state index contributed by atoms with van der Waals surface area (Å²) in [6.07, 6.45) is 5.95. The summed E-state index contributed by atoms with van der Waals surface area (Å²) in [4.78, 5) is 12.2. The third-order valence-corrected chi connectivity index (χ3v) is 6.57. The Morgan fingerprint density at radius 1 is 0.844 bits per heavy atom. The third-order valence-electron chi connectivity index (χ3n) is 6.08. The van der Waals surface area contributed by atoms with Crippen LogP contribution in [0.2, 0.25) is 0 Å². The third kappa shape index (κ3) is 5.39. The molecule has 0 fully saturated rings. The van der Waals surface area contributed by atoms with Crippen LogP contribution in [0.1, 0.15) is 44.6 Å². The predicted molar refractivity (Wildman–Crippen MR) is 140 cm³/mol. The molecular weight excluding hydrogens is 458 g/mol. The summed E-state index contributed by atoms with van der Waals surface area (Å²) in [5.74, 6) is 0.164. The standard InChI is InChI=1S/C29H30BrNO/c1-2-3-4-5-13-29(32)31-17-16-23-19-24(18-22-14-15-25(30)20-28(22)23)27-12-8-10-21-9-6-7-11-26(21)27/h6-12,14-15,18-20H,2-5,13,16-17H2,1H3,(H,31,32). The van der Waals surface area contributed by atoms with Crippen molar-refractivity contribution in [3.63, 3.8) is 0 Å². The number of halogens is 1. The Labute approximate surface area is 199 Å². The Morgan fingerprint density at radius 2 is 1.69 bits per heavy atom. The van der Waals surface area contributed by atoms with Gasteiger partial charge < -0.3 is 5.32 Å². The van der Waals surface area contributed by atoms with Crippen LogP contribution >= 0.6 is 15.9 Å². The highest BCUT2D eigenvalue weighted by Gasteiger charge is 2.10. The van der Waals surface area contributed by atoms with Gasteiger partial charge in [-0.3, -0.25) is 4.79 Å². The van der Waals surface area contributed by atoms with E-state index < -0.39 is 0 Å². The summed E-state index contributed by atoms with van der Waals surface area (Å²) in [6.45, 7) is 2.85. The molecule has 1 amide bonds. The Balaban J connectivity index is 1.60. The molecule has 4 aromatic rings. The number of fused-ring (bicyclic) bond motifs is 2. The largest absolute Gasteiger partial charge is 0.356 e. The van der Waals surface area contributed by atoms with Crippen molar-refractivity contribution in [1.29, 1.82) is 0 Å². The first-order valence-electron chi connectivity index (χ1n) is 11.6. The highest BCUT2D eigenvalue weighted by Crippen LogP contribution is 2.33. The predicted octanol–water partition coefficient (Wildman–Crippen LogP) is 8.05. The van der Waals surface area contributed by atoms with Gasteiger partial charge in [-0.15, -0.1) is 0 Å². The van der Waals surface area contributed by atoms with E-state index in [9.17, 15) is 4.79 Å². The molecule has 0 unspecified atom stereocenters. The van der Waals surface area contributed by atoms with E-state index in [0.29, 0.717) is 13.0 Å². The van der Waals surface area contributed by atoms with Crippen molar-refractivity contribution in [3.05, 3.63) is 82.8 Å². The first-order valence-corrected chi connectivity index (χ1v) is 12.4. The minimum absolute atomic E-state index is 0.164. The monoisotopic (exact) mass is 487 g/mol. The van der Waals surface area contributed by atoms with Crippen molar-refractivity contribution < 1.29 is 4.79 Å². The maximum atomic E-state index is 12.2. The van der Waals surface area contributed by atoms with Crippen molar-refractivity contribution in [1.82, 2.24) is 5.32 Å². The lowest BCUT2D eigenvalue weighted by Crippen LogP contribution is -2.25. The maximum absolute atomic E-state index is 12.2. The van der Waals surface area contributed by atoms with Gasteiger partial charge in [-0.25, -0.2) is 0 Å². The zero-order chi connectivity index (χ0) is 22.3. The number of amides is 1. The van der Waals surface area contributed by atoms with E-state index in [1.165, 1.54) is 51.1 Å². The molecular formula is C29H30BrNO. The molecule has 3 heteroatoms. The molecule has 4 aromatic carbocycles. The molecule has 1 N–H and O–H groups in total. The highest BCUT2D eigenvalue weighted by atomic mass is 79.9. The second kappa shape index (κ2) is 10.8. The van der Waals surface area contributed by atoms with Crippen LogP contribution in [0.5, 0.6) is 0 Å². The lowest BCUT2D eigenvalue weighted by molar-refractivity contribution is -0.121. The quantitative estimate of drug-likeness (QED) is 0.237. The Kier molecular flexibility index (Phi) is 7.59. The fourth-order valence-electron chi connectivity index (χ4n) is 4.38. The number of rotatable bonds is 9. The number of nitrogens with one attached hydrogen (secondary N) is 1. The van der Waals surface area contributed by atoms with Gasteiger partial charge in [-0.1, -0.05) is 96.7 Å². The number of carbonyl (C=O) groups is 1. The second-order valence-electron chi connectivity index (χ2n) is 8.44. The molecule has 0 atom stereocenters. The van der Waals surface area contributed by atoms with Gasteiger partial charge in [0.15, 0.2) is 0 Å². The van der Waals surface area contributed by atoms with Crippen molar-refractivity contribution in [3.8, 4) is 11.1 Å². The minimum atomic E-state index is 0.164. The highest BCUT2D eigenvalue weighted by molar-refractivity contribution is 9.10. The van der Waals surface area contributed by atoms with E-state index in [1.807, 2.05) is 0 Å². The van der Waals surface area contributed by atoms with E-state index in [2.05, 4.69) is 101 Å². The Bertz CT molecular complexity index is 1230. The first kappa shape index (κ1) is 22.5. The lowest BCUT2D eigenvalue weighted by atomic mass is 9.92. The van der Waals surface area contributed by atoms with Gasteiger partial charge >= 0.3 is 0 Å². The van der Waals surface area contributed by atoms with Crippen molar-refractivity contribution in [2.24, 2.45) is 0 Å².